The Morgan fingerprint density at radius 2 is 1.82 bits per heavy atom. The average Bonchev–Trinajstić information content (AvgIpc) is 2.32. The number of rotatable bonds is 3. The van der Waals surface area contributed by atoms with Gasteiger partial charge < -0.3 is 5.73 Å². The number of nitrogens with two attached hydrogens (primary N) is 1. The number of thioether (sulfide) groups is 1. The normalized spacial score (nSPS) is 10.5. The average molecular weight is 376 g/mol. The lowest BCUT2D eigenvalue weighted by molar-refractivity contribution is 1.38. The van der Waals surface area contributed by atoms with Crippen molar-refractivity contribution in [1.82, 2.24) is 0 Å². The molecule has 0 heterocycles. The SMILES string of the molecule is Nc1ccc(Cl)cc1SCc1ccc(I)cc1. The fourth-order valence-corrected chi connectivity index (χ4v) is 2.93. The molecule has 0 aliphatic rings. The highest BCUT2D eigenvalue weighted by Crippen LogP contribution is 2.30. The van der Waals surface area contributed by atoms with Crippen LogP contribution in [0.4, 0.5) is 5.69 Å². The maximum absolute atomic E-state index is 5.95. The van der Waals surface area contributed by atoms with Crippen LogP contribution in [0.5, 0.6) is 0 Å². The van der Waals surface area contributed by atoms with Gasteiger partial charge in [-0.15, -0.1) is 11.8 Å². The molecular weight excluding hydrogens is 365 g/mol. The summed E-state index contributed by atoms with van der Waals surface area (Å²) >= 11 is 9.96. The van der Waals surface area contributed by atoms with E-state index in [4.69, 9.17) is 17.3 Å². The quantitative estimate of drug-likeness (QED) is 0.473. The zero-order valence-electron chi connectivity index (χ0n) is 8.99. The van der Waals surface area contributed by atoms with Gasteiger partial charge in [0.2, 0.25) is 0 Å². The molecule has 0 bridgehead atoms. The smallest absolute Gasteiger partial charge is 0.0453 e. The summed E-state index contributed by atoms with van der Waals surface area (Å²) in [7, 11) is 0. The van der Waals surface area contributed by atoms with Crippen LogP contribution in [-0.2, 0) is 5.75 Å². The lowest BCUT2D eigenvalue weighted by Gasteiger charge is -2.06. The van der Waals surface area contributed by atoms with E-state index in [1.807, 2.05) is 18.2 Å². The Morgan fingerprint density at radius 3 is 2.53 bits per heavy atom. The summed E-state index contributed by atoms with van der Waals surface area (Å²) in [5, 5.41) is 0.726. The Bertz CT molecular complexity index is 513. The van der Waals surface area contributed by atoms with Crippen molar-refractivity contribution in [3.8, 4) is 0 Å². The molecule has 0 aliphatic heterocycles. The van der Waals surface area contributed by atoms with Crippen molar-refractivity contribution in [2.75, 3.05) is 5.73 Å². The molecule has 0 spiro atoms. The first kappa shape index (κ1) is 13.1. The molecule has 0 unspecified atom stereocenters. The molecule has 0 radical (unpaired) electrons. The van der Waals surface area contributed by atoms with Crippen LogP contribution in [0.25, 0.3) is 0 Å². The third kappa shape index (κ3) is 3.79. The predicted octanol–water partition coefficient (Wildman–Crippen LogP) is 4.82. The summed E-state index contributed by atoms with van der Waals surface area (Å²) in [6.07, 6.45) is 0. The lowest BCUT2D eigenvalue weighted by atomic mass is 10.2. The second-order valence-electron chi connectivity index (χ2n) is 3.60. The van der Waals surface area contributed by atoms with Crippen LogP contribution < -0.4 is 5.73 Å². The topological polar surface area (TPSA) is 26.0 Å². The van der Waals surface area contributed by atoms with Crippen LogP contribution in [0, 0.1) is 3.57 Å². The molecule has 2 aromatic rings. The minimum absolute atomic E-state index is 0.726. The zero-order chi connectivity index (χ0) is 12.3. The van der Waals surface area contributed by atoms with Gasteiger partial charge in [0.1, 0.15) is 0 Å². The number of benzene rings is 2. The van der Waals surface area contributed by atoms with E-state index in [-0.39, 0.29) is 0 Å². The van der Waals surface area contributed by atoms with Gasteiger partial charge in [0, 0.05) is 24.9 Å². The van der Waals surface area contributed by atoms with Gasteiger partial charge >= 0.3 is 0 Å². The molecule has 1 nitrogen and oxygen atoms in total. The van der Waals surface area contributed by atoms with Crippen molar-refractivity contribution in [2.24, 2.45) is 0 Å². The molecule has 0 amide bonds. The van der Waals surface area contributed by atoms with E-state index in [1.165, 1.54) is 9.13 Å². The van der Waals surface area contributed by atoms with Crippen molar-refractivity contribution in [1.29, 1.82) is 0 Å². The number of hydrogen-bond donors (Lipinski definition) is 1. The first-order valence-corrected chi connectivity index (χ1v) is 7.51. The van der Waals surface area contributed by atoms with Gasteiger partial charge in [-0.1, -0.05) is 23.7 Å². The molecule has 88 valence electrons. The summed E-state index contributed by atoms with van der Waals surface area (Å²) in [5.41, 5.74) is 7.97. The summed E-state index contributed by atoms with van der Waals surface area (Å²) < 4.78 is 1.25. The number of hydrogen-bond acceptors (Lipinski definition) is 2. The van der Waals surface area contributed by atoms with E-state index < -0.39 is 0 Å². The Hall–Kier alpha value is -0.390. The van der Waals surface area contributed by atoms with E-state index in [9.17, 15) is 0 Å². The molecule has 0 atom stereocenters. The van der Waals surface area contributed by atoms with Crippen LogP contribution in [0.1, 0.15) is 5.56 Å². The Morgan fingerprint density at radius 1 is 1.12 bits per heavy atom. The predicted molar refractivity (Wildman–Crippen MR) is 84.6 cm³/mol. The molecule has 2 rings (SSSR count). The third-order valence-electron chi connectivity index (χ3n) is 2.28. The minimum atomic E-state index is 0.726. The monoisotopic (exact) mass is 375 g/mol. The first-order chi connectivity index (χ1) is 8.15. The van der Waals surface area contributed by atoms with Crippen molar-refractivity contribution < 1.29 is 0 Å². The van der Waals surface area contributed by atoms with Crippen LogP contribution in [-0.4, -0.2) is 0 Å². The molecule has 4 heteroatoms. The zero-order valence-corrected chi connectivity index (χ0v) is 12.7. The highest BCUT2D eigenvalue weighted by atomic mass is 127. The standard InChI is InChI=1S/C13H11ClINS/c14-10-3-6-12(16)13(7-10)17-8-9-1-4-11(15)5-2-9/h1-7H,8,16H2. The lowest BCUT2D eigenvalue weighted by Crippen LogP contribution is -1.89. The second-order valence-corrected chi connectivity index (χ2v) is 6.30. The van der Waals surface area contributed by atoms with Gasteiger partial charge in [-0.25, -0.2) is 0 Å². The maximum atomic E-state index is 5.95. The van der Waals surface area contributed by atoms with Crippen molar-refractivity contribution >= 4 is 51.6 Å². The molecule has 0 aromatic heterocycles. The van der Waals surface area contributed by atoms with Gasteiger partial charge in [0.15, 0.2) is 0 Å². The van der Waals surface area contributed by atoms with E-state index in [0.29, 0.717) is 0 Å². The summed E-state index contributed by atoms with van der Waals surface area (Å²) in [4.78, 5) is 1.04. The van der Waals surface area contributed by atoms with E-state index in [1.54, 1.807) is 11.8 Å². The highest BCUT2D eigenvalue weighted by Gasteiger charge is 2.02. The molecule has 0 saturated carbocycles. The second kappa shape index (κ2) is 5.98. The Labute approximate surface area is 124 Å². The van der Waals surface area contributed by atoms with Crippen LogP contribution in [0.2, 0.25) is 5.02 Å². The van der Waals surface area contributed by atoms with Crippen molar-refractivity contribution in [3.05, 3.63) is 56.6 Å². The largest absolute Gasteiger partial charge is 0.398 e. The molecule has 2 N–H and O–H groups in total. The van der Waals surface area contributed by atoms with E-state index in [0.717, 1.165) is 21.4 Å². The third-order valence-corrected chi connectivity index (χ3v) is 4.38. The van der Waals surface area contributed by atoms with Gasteiger partial charge in [0.25, 0.3) is 0 Å². The maximum Gasteiger partial charge on any atom is 0.0453 e. The van der Waals surface area contributed by atoms with Crippen molar-refractivity contribution in [2.45, 2.75) is 10.6 Å². The van der Waals surface area contributed by atoms with Gasteiger partial charge in [-0.3, -0.25) is 0 Å². The number of nitrogen functional groups attached to an aromatic ring is 1. The fourth-order valence-electron chi connectivity index (χ4n) is 1.37. The highest BCUT2D eigenvalue weighted by molar-refractivity contribution is 14.1. The van der Waals surface area contributed by atoms with Gasteiger partial charge in [-0.2, -0.15) is 0 Å². The molecule has 17 heavy (non-hydrogen) atoms. The Balaban J connectivity index is 2.07. The Kier molecular flexibility index (Phi) is 4.59. The minimum Gasteiger partial charge on any atom is -0.398 e. The molecule has 0 aliphatic carbocycles. The number of anilines is 1. The summed E-state index contributed by atoms with van der Waals surface area (Å²) in [6.45, 7) is 0. The van der Waals surface area contributed by atoms with E-state index >= 15 is 0 Å². The first-order valence-electron chi connectivity index (χ1n) is 5.07. The summed E-state index contributed by atoms with van der Waals surface area (Å²) in [6, 6.07) is 14.1. The number of halogens is 2. The molecule has 0 saturated heterocycles. The molecule has 2 aromatic carbocycles. The van der Waals surface area contributed by atoms with Crippen LogP contribution in [0.15, 0.2) is 47.4 Å². The van der Waals surface area contributed by atoms with Gasteiger partial charge in [0.05, 0.1) is 0 Å². The molecular formula is C13H11ClINS. The molecule has 0 fully saturated rings. The van der Waals surface area contributed by atoms with Crippen LogP contribution in [0.3, 0.4) is 0 Å². The van der Waals surface area contributed by atoms with Crippen LogP contribution >= 0.6 is 46.0 Å². The van der Waals surface area contributed by atoms with Crippen molar-refractivity contribution in [3.63, 3.8) is 0 Å². The summed E-state index contributed by atoms with van der Waals surface area (Å²) in [5.74, 6) is 0.904. The van der Waals surface area contributed by atoms with E-state index in [2.05, 4.69) is 46.9 Å². The van der Waals surface area contributed by atoms with Gasteiger partial charge in [-0.05, 0) is 58.5 Å². The fraction of sp³-hybridized carbons (Fsp3) is 0.0769.